The Bertz CT molecular complexity index is 467. The van der Waals surface area contributed by atoms with Crippen LogP contribution in [-0.4, -0.2) is 19.6 Å². The fourth-order valence-corrected chi connectivity index (χ4v) is 2.74. The number of halogens is 1. The second kappa shape index (κ2) is 8.28. The minimum absolute atomic E-state index is 0.206. The Morgan fingerprint density at radius 3 is 2.65 bits per heavy atom. The van der Waals surface area contributed by atoms with Crippen molar-refractivity contribution in [2.24, 2.45) is 0 Å². The van der Waals surface area contributed by atoms with Crippen LogP contribution in [0.2, 0.25) is 0 Å². The van der Waals surface area contributed by atoms with Crippen LogP contribution in [-0.2, 0) is 0 Å². The van der Waals surface area contributed by atoms with Gasteiger partial charge in [-0.25, -0.2) is 0 Å². The summed E-state index contributed by atoms with van der Waals surface area (Å²) >= 11 is 3.65. The van der Waals surface area contributed by atoms with Gasteiger partial charge in [-0.05, 0) is 60.4 Å². The molecule has 3 nitrogen and oxygen atoms in total. The monoisotopic (exact) mass is 337 g/mol. The number of anilines is 1. The summed E-state index contributed by atoms with van der Waals surface area (Å²) in [6.45, 7) is 7.44. The minimum atomic E-state index is 0.206. The van der Waals surface area contributed by atoms with Crippen LogP contribution >= 0.6 is 15.9 Å². The number of nitrogens with zero attached hydrogens (tertiary/aromatic N) is 2. The highest BCUT2D eigenvalue weighted by Gasteiger charge is 2.14. The standard InChI is InChI=1S/C16H24BrN3/c1-5-10-19-13(3)14-6-7-16(15(17)11-14)20(4)12(2)8-9-18/h6-7,11-13,19H,5,8,10H2,1-4H3. The van der Waals surface area contributed by atoms with Crippen molar-refractivity contribution < 1.29 is 0 Å². The molecule has 0 saturated carbocycles. The molecule has 110 valence electrons. The van der Waals surface area contributed by atoms with Gasteiger partial charge in [0.15, 0.2) is 0 Å². The van der Waals surface area contributed by atoms with Crippen molar-refractivity contribution in [3.8, 4) is 6.07 Å². The highest BCUT2D eigenvalue weighted by molar-refractivity contribution is 9.10. The first kappa shape index (κ1) is 17.0. The maximum Gasteiger partial charge on any atom is 0.0643 e. The van der Waals surface area contributed by atoms with E-state index >= 15 is 0 Å². The predicted octanol–water partition coefficient (Wildman–Crippen LogP) is 4.25. The van der Waals surface area contributed by atoms with Crippen molar-refractivity contribution in [2.75, 3.05) is 18.5 Å². The Labute approximate surface area is 131 Å². The number of rotatable bonds is 7. The number of hydrogen-bond donors (Lipinski definition) is 1. The summed E-state index contributed by atoms with van der Waals surface area (Å²) in [5.41, 5.74) is 2.40. The van der Waals surface area contributed by atoms with Crippen LogP contribution in [0.3, 0.4) is 0 Å². The van der Waals surface area contributed by atoms with E-state index in [1.54, 1.807) is 0 Å². The van der Waals surface area contributed by atoms with E-state index in [1.807, 2.05) is 7.05 Å². The maximum absolute atomic E-state index is 8.80. The molecule has 2 atom stereocenters. The van der Waals surface area contributed by atoms with E-state index in [0.29, 0.717) is 12.5 Å². The molecule has 0 bridgehead atoms. The second-order valence-electron chi connectivity index (χ2n) is 5.21. The van der Waals surface area contributed by atoms with Crippen LogP contribution in [0.4, 0.5) is 5.69 Å². The highest BCUT2D eigenvalue weighted by Crippen LogP contribution is 2.30. The Morgan fingerprint density at radius 2 is 2.10 bits per heavy atom. The third-order valence-electron chi connectivity index (χ3n) is 3.60. The average molecular weight is 338 g/mol. The smallest absolute Gasteiger partial charge is 0.0643 e. The first-order valence-corrected chi connectivity index (χ1v) is 7.93. The van der Waals surface area contributed by atoms with E-state index in [-0.39, 0.29) is 6.04 Å². The van der Waals surface area contributed by atoms with Crippen molar-refractivity contribution in [3.05, 3.63) is 28.2 Å². The SMILES string of the molecule is CCCNC(C)c1ccc(N(C)C(C)CC#N)c(Br)c1. The van der Waals surface area contributed by atoms with E-state index < -0.39 is 0 Å². The van der Waals surface area contributed by atoms with Gasteiger partial charge in [0.2, 0.25) is 0 Å². The molecule has 1 rings (SSSR count). The van der Waals surface area contributed by atoms with Gasteiger partial charge in [0.1, 0.15) is 0 Å². The van der Waals surface area contributed by atoms with E-state index in [0.717, 1.165) is 23.1 Å². The molecule has 0 aliphatic heterocycles. The molecule has 0 fully saturated rings. The van der Waals surface area contributed by atoms with Gasteiger partial charge in [0, 0.05) is 23.6 Å². The van der Waals surface area contributed by atoms with E-state index in [2.05, 4.69) is 71.2 Å². The molecule has 20 heavy (non-hydrogen) atoms. The topological polar surface area (TPSA) is 39.1 Å². The van der Waals surface area contributed by atoms with Crippen molar-refractivity contribution in [1.29, 1.82) is 5.26 Å². The second-order valence-corrected chi connectivity index (χ2v) is 6.06. The molecule has 1 aromatic rings. The Balaban J connectivity index is 2.85. The zero-order valence-electron chi connectivity index (χ0n) is 12.8. The molecule has 2 unspecified atom stereocenters. The molecule has 0 spiro atoms. The fraction of sp³-hybridized carbons (Fsp3) is 0.562. The lowest BCUT2D eigenvalue weighted by atomic mass is 10.1. The first-order chi connectivity index (χ1) is 9.51. The Morgan fingerprint density at radius 1 is 1.40 bits per heavy atom. The molecule has 1 N–H and O–H groups in total. The molecular weight excluding hydrogens is 314 g/mol. The van der Waals surface area contributed by atoms with Gasteiger partial charge in [0.05, 0.1) is 18.2 Å². The quantitative estimate of drug-likeness (QED) is 0.808. The van der Waals surface area contributed by atoms with Crippen LogP contribution in [0.5, 0.6) is 0 Å². The summed E-state index contributed by atoms with van der Waals surface area (Å²) < 4.78 is 1.08. The molecule has 0 saturated heterocycles. The first-order valence-electron chi connectivity index (χ1n) is 7.13. The van der Waals surface area contributed by atoms with Crippen molar-refractivity contribution in [2.45, 2.75) is 45.7 Å². The van der Waals surface area contributed by atoms with Crippen molar-refractivity contribution in [1.82, 2.24) is 5.32 Å². The predicted molar refractivity (Wildman–Crippen MR) is 88.9 cm³/mol. The summed E-state index contributed by atoms with van der Waals surface area (Å²) in [5.74, 6) is 0. The number of benzene rings is 1. The molecule has 0 amide bonds. The van der Waals surface area contributed by atoms with Gasteiger partial charge in [-0.1, -0.05) is 13.0 Å². The lowest BCUT2D eigenvalue weighted by Crippen LogP contribution is -2.28. The van der Waals surface area contributed by atoms with Crippen LogP contribution in [0, 0.1) is 11.3 Å². The molecule has 0 aliphatic rings. The summed E-state index contributed by atoms with van der Waals surface area (Å²) in [6.07, 6.45) is 1.66. The third kappa shape index (κ3) is 4.50. The molecule has 1 aromatic carbocycles. The number of nitriles is 1. The lowest BCUT2D eigenvalue weighted by molar-refractivity contribution is 0.570. The lowest BCUT2D eigenvalue weighted by Gasteiger charge is -2.27. The Kier molecular flexibility index (Phi) is 7.04. The van der Waals surface area contributed by atoms with Crippen LogP contribution in [0.15, 0.2) is 22.7 Å². The van der Waals surface area contributed by atoms with Gasteiger partial charge < -0.3 is 10.2 Å². The molecular formula is C16H24BrN3. The Hall–Kier alpha value is -1.05. The van der Waals surface area contributed by atoms with E-state index in [1.165, 1.54) is 5.56 Å². The minimum Gasteiger partial charge on any atom is -0.370 e. The van der Waals surface area contributed by atoms with Gasteiger partial charge >= 0.3 is 0 Å². The van der Waals surface area contributed by atoms with Crippen molar-refractivity contribution >= 4 is 21.6 Å². The number of hydrogen-bond acceptors (Lipinski definition) is 3. The van der Waals surface area contributed by atoms with Crippen molar-refractivity contribution in [3.63, 3.8) is 0 Å². The third-order valence-corrected chi connectivity index (χ3v) is 4.24. The van der Waals surface area contributed by atoms with Gasteiger partial charge in [-0.3, -0.25) is 0 Å². The molecule has 0 heterocycles. The molecule has 0 radical (unpaired) electrons. The van der Waals surface area contributed by atoms with Crippen LogP contribution in [0.25, 0.3) is 0 Å². The van der Waals surface area contributed by atoms with Gasteiger partial charge in [0.25, 0.3) is 0 Å². The zero-order chi connectivity index (χ0) is 15.1. The largest absolute Gasteiger partial charge is 0.370 e. The van der Waals surface area contributed by atoms with E-state index in [4.69, 9.17) is 5.26 Å². The molecule has 4 heteroatoms. The normalized spacial score (nSPS) is 13.6. The maximum atomic E-state index is 8.80. The van der Waals surface area contributed by atoms with Gasteiger partial charge in [-0.15, -0.1) is 0 Å². The summed E-state index contributed by atoms with van der Waals surface area (Å²) in [7, 11) is 2.03. The fourth-order valence-electron chi connectivity index (χ4n) is 2.06. The highest BCUT2D eigenvalue weighted by atomic mass is 79.9. The molecule has 0 aliphatic carbocycles. The zero-order valence-corrected chi connectivity index (χ0v) is 14.4. The average Bonchev–Trinajstić information content (AvgIpc) is 2.44. The van der Waals surface area contributed by atoms with E-state index in [9.17, 15) is 0 Å². The summed E-state index contributed by atoms with van der Waals surface area (Å²) in [5, 5.41) is 12.3. The number of nitrogens with one attached hydrogen (secondary N) is 1. The summed E-state index contributed by atoms with van der Waals surface area (Å²) in [4.78, 5) is 2.14. The molecule has 0 aromatic heterocycles. The van der Waals surface area contributed by atoms with Crippen LogP contribution in [0.1, 0.15) is 45.2 Å². The summed E-state index contributed by atoms with van der Waals surface area (Å²) in [6, 6.07) is 9.22. The van der Waals surface area contributed by atoms with Crippen LogP contribution < -0.4 is 10.2 Å². The van der Waals surface area contributed by atoms with Gasteiger partial charge in [-0.2, -0.15) is 5.26 Å².